The Kier molecular flexibility index (Phi) is 8.88. The lowest BCUT2D eigenvalue weighted by Crippen LogP contribution is -2.34. The molecule has 0 heterocycles. The number of amides is 1. The van der Waals surface area contributed by atoms with Gasteiger partial charge in [-0.15, -0.1) is 0 Å². The molecule has 0 aliphatic rings. The first-order valence-corrected chi connectivity index (χ1v) is 14.0. The molecule has 202 valence electrons. The molecule has 0 saturated heterocycles. The van der Waals surface area contributed by atoms with Gasteiger partial charge in [0.1, 0.15) is 18.1 Å². The van der Waals surface area contributed by atoms with Gasteiger partial charge < -0.3 is 14.8 Å². The molecule has 0 aromatic heterocycles. The summed E-state index contributed by atoms with van der Waals surface area (Å²) in [5.41, 5.74) is 3.62. The van der Waals surface area contributed by atoms with E-state index in [0.717, 1.165) is 16.9 Å². The highest BCUT2D eigenvalue weighted by Gasteiger charge is 2.28. The van der Waals surface area contributed by atoms with E-state index in [4.69, 9.17) is 9.47 Å². The average Bonchev–Trinajstić information content (AvgIpc) is 2.96. The number of rotatable bonds is 11. The lowest BCUT2D eigenvalue weighted by Gasteiger charge is -2.26. The molecule has 0 unspecified atom stereocenters. The van der Waals surface area contributed by atoms with Crippen LogP contribution in [0.15, 0.2) is 102 Å². The second kappa shape index (κ2) is 12.5. The smallest absolute Gasteiger partial charge is 0.264 e. The average molecular weight is 545 g/mol. The molecular formula is C31H32N2O5S. The molecule has 4 rings (SSSR count). The molecule has 4 aromatic rings. The number of nitrogens with one attached hydrogen (secondary N) is 1. The van der Waals surface area contributed by atoms with Gasteiger partial charge in [-0.2, -0.15) is 0 Å². The normalized spacial score (nSPS) is 11.1. The Bertz CT molecular complexity index is 1520. The van der Waals surface area contributed by atoms with Gasteiger partial charge in [0.25, 0.3) is 15.9 Å². The highest BCUT2D eigenvalue weighted by Crippen LogP contribution is 2.30. The van der Waals surface area contributed by atoms with Crippen molar-refractivity contribution >= 4 is 21.6 Å². The van der Waals surface area contributed by atoms with Gasteiger partial charge in [0.2, 0.25) is 0 Å². The minimum absolute atomic E-state index is 0.0510. The molecule has 7 nitrogen and oxygen atoms in total. The van der Waals surface area contributed by atoms with Gasteiger partial charge >= 0.3 is 0 Å². The molecule has 0 saturated carbocycles. The number of carbonyl (C=O) groups excluding carboxylic acids is 1. The zero-order valence-corrected chi connectivity index (χ0v) is 23.1. The molecular weight excluding hydrogens is 512 g/mol. The number of ether oxygens (including phenoxy) is 2. The van der Waals surface area contributed by atoms with Gasteiger partial charge in [-0.1, -0.05) is 48.5 Å². The zero-order chi connectivity index (χ0) is 27.8. The lowest BCUT2D eigenvalue weighted by atomic mass is 10.1. The van der Waals surface area contributed by atoms with Gasteiger partial charge in [0.05, 0.1) is 36.3 Å². The second-order valence-corrected chi connectivity index (χ2v) is 10.9. The highest BCUT2D eigenvalue weighted by atomic mass is 32.2. The van der Waals surface area contributed by atoms with Crippen molar-refractivity contribution in [2.45, 2.75) is 25.3 Å². The summed E-state index contributed by atoms with van der Waals surface area (Å²) in [6.45, 7) is 4.63. The topological polar surface area (TPSA) is 84.9 Å². The third-order valence-electron chi connectivity index (χ3n) is 6.37. The van der Waals surface area contributed by atoms with E-state index < -0.39 is 15.9 Å². The summed E-state index contributed by atoms with van der Waals surface area (Å²) >= 11 is 0. The molecule has 1 amide bonds. The maximum atomic E-state index is 13.9. The Morgan fingerprint density at radius 1 is 0.821 bits per heavy atom. The molecule has 4 aromatic carbocycles. The van der Waals surface area contributed by atoms with E-state index in [0.29, 0.717) is 5.75 Å². The van der Waals surface area contributed by atoms with Crippen molar-refractivity contribution in [3.05, 3.63) is 119 Å². The number of anilines is 1. The summed E-state index contributed by atoms with van der Waals surface area (Å²) < 4.78 is 40.1. The van der Waals surface area contributed by atoms with E-state index in [1.807, 2.05) is 62.4 Å². The fraction of sp³-hybridized carbons (Fsp3) is 0.194. The predicted octanol–water partition coefficient (Wildman–Crippen LogP) is 5.52. The molecule has 0 atom stereocenters. The van der Waals surface area contributed by atoms with E-state index >= 15 is 0 Å². The molecule has 39 heavy (non-hydrogen) atoms. The molecule has 1 N–H and O–H groups in total. The van der Waals surface area contributed by atoms with Crippen LogP contribution in [0.5, 0.6) is 11.5 Å². The van der Waals surface area contributed by atoms with Crippen LogP contribution in [0.2, 0.25) is 0 Å². The molecule has 0 bridgehead atoms. The van der Waals surface area contributed by atoms with Gasteiger partial charge in [-0.3, -0.25) is 9.10 Å². The summed E-state index contributed by atoms with van der Waals surface area (Å²) in [5.74, 6) is 0.885. The van der Waals surface area contributed by atoms with Crippen molar-refractivity contribution < 1.29 is 22.7 Å². The van der Waals surface area contributed by atoms with Crippen molar-refractivity contribution in [3.8, 4) is 11.5 Å². The van der Waals surface area contributed by atoms with E-state index in [1.165, 1.54) is 29.1 Å². The molecule has 0 spiro atoms. The molecule has 0 aliphatic heterocycles. The number of nitrogens with zero attached hydrogens (tertiary/aromatic N) is 1. The third kappa shape index (κ3) is 6.78. The number of aryl methyl sites for hydroxylation is 2. The Labute approximate surface area is 230 Å². The summed E-state index contributed by atoms with van der Waals surface area (Å²) in [6, 6.07) is 28.0. The zero-order valence-electron chi connectivity index (χ0n) is 22.3. The van der Waals surface area contributed by atoms with Crippen LogP contribution in [0.25, 0.3) is 0 Å². The number of sulfonamides is 1. The summed E-state index contributed by atoms with van der Waals surface area (Å²) in [6.07, 6.45) is 0. The van der Waals surface area contributed by atoms with Crippen LogP contribution < -0.4 is 19.1 Å². The number of hydrogen-bond donors (Lipinski definition) is 1. The predicted molar refractivity (Wildman–Crippen MR) is 153 cm³/mol. The van der Waals surface area contributed by atoms with E-state index in [2.05, 4.69) is 5.32 Å². The van der Waals surface area contributed by atoms with Crippen LogP contribution in [0.3, 0.4) is 0 Å². The fourth-order valence-electron chi connectivity index (χ4n) is 4.04. The van der Waals surface area contributed by atoms with E-state index in [1.54, 1.807) is 36.4 Å². The van der Waals surface area contributed by atoms with Gasteiger partial charge in [-0.25, -0.2) is 8.42 Å². The Morgan fingerprint density at radius 3 is 2.18 bits per heavy atom. The largest absolute Gasteiger partial charge is 0.497 e. The van der Waals surface area contributed by atoms with Crippen molar-refractivity contribution in [1.82, 2.24) is 5.32 Å². The summed E-state index contributed by atoms with van der Waals surface area (Å²) in [4.78, 5) is 13.4. The SMILES string of the molecule is COc1ccc(S(=O)(=O)N(Cc2ccccc2)c2ccccc2C(=O)NCCOc2ccc(C)c(C)c2)cc1. The number of para-hydroxylation sites is 1. The first-order valence-electron chi connectivity index (χ1n) is 12.6. The number of methoxy groups -OCH3 is 1. The first kappa shape index (κ1) is 27.7. The summed E-state index contributed by atoms with van der Waals surface area (Å²) in [7, 11) is -2.51. The van der Waals surface area contributed by atoms with Crippen molar-refractivity contribution in [2.75, 3.05) is 24.6 Å². The Balaban J connectivity index is 1.58. The van der Waals surface area contributed by atoms with Crippen LogP contribution in [-0.4, -0.2) is 34.6 Å². The maximum absolute atomic E-state index is 13.9. The van der Waals surface area contributed by atoms with Gasteiger partial charge in [0.15, 0.2) is 0 Å². The monoisotopic (exact) mass is 544 g/mol. The number of hydrogen-bond acceptors (Lipinski definition) is 5. The standard InChI is InChI=1S/C31H32N2O5S/c1-23-13-14-27(21-24(23)2)38-20-19-32-31(34)29-11-7-8-12-30(29)33(22-25-9-5-4-6-10-25)39(35,36)28-17-15-26(37-3)16-18-28/h4-18,21H,19-20,22H2,1-3H3,(H,32,34). The van der Waals surface area contributed by atoms with Crippen molar-refractivity contribution in [1.29, 1.82) is 0 Å². The van der Waals surface area contributed by atoms with Crippen molar-refractivity contribution in [3.63, 3.8) is 0 Å². The molecule has 0 aliphatic carbocycles. The quantitative estimate of drug-likeness (QED) is 0.252. The molecule has 0 fully saturated rings. The van der Waals surface area contributed by atoms with Gasteiger partial charge in [0, 0.05) is 0 Å². The summed E-state index contributed by atoms with van der Waals surface area (Å²) in [5, 5.41) is 2.86. The van der Waals surface area contributed by atoms with Crippen LogP contribution in [0.1, 0.15) is 27.0 Å². The lowest BCUT2D eigenvalue weighted by molar-refractivity contribution is 0.0947. The van der Waals surface area contributed by atoms with Crippen LogP contribution in [-0.2, 0) is 16.6 Å². The third-order valence-corrected chi connectivity index (χ3v) is 8.14. The first-order chi connectivity index (χ1) is 18.8. The minimum atomic E-state index is -4.03. The number of carbonyl (C=O) groups is 1. The van der Waals surface area contributed by atoms with Gasteiger partial charge in [-0.05, 0) is 79.1 Å². The molecule has 8 heteroatoms. The van der Waals surface area contributed by atoms with E-state index in [-0.39, 0.29) is 35.8 Å². The van der Waals surface area contributed by atoms with Crippen LogP contribution in [0.4, 0.5) is 5.69 Å². The van der Waals surface area contributed by atoms with Crippen LogP contribution in [0, 0.1) is 13.8 Å². The number of benzene rings is 4. The second-order valence-electron chi connectivity index (χ2n) is 9.04. The van der Waals surface area contributed by atoms with Crippen molar-refractivity contribution in [2.24, 2.45) is 0 Å². The highest BCUT2D eigenvalue weighted by molar-refractivity contribution is 7.92. The Hall–Kier alpha value is -4.30. The fourth-order valence-corrected chi connectivity index (χ4v) is 5.51. The van der Waals surface area contributed by atoms with E-state index in [9.17, 15) is 13.2 Å². The Morgan fingerprint density at radius 2 is 1.49 bits per heavy atom. The van der Waals surface area contributed by atoms with Crippen LogP contribution >= 0.6 is 0 Å². The maximum Gasteiger partial charge on any atom is 0.264 e. The molecule has 0 radical (unpaired) electrons. The minimum Gasteiger partial charge on any atom is -0.497 e.